The van der Waals surface area contributed by atoms with Gasteiger partial charge in [-0.3, -0.25) is 9.59 Å². The maximum Gasteiger partial charge on any atom is 0.329 e. The lowest BCUT2D eigenvalue weighted by molar-refractivity contribution is -0.151. The van der Waals surface area contributed by atoms with Crippen LogP contribution < -0.4 is 5.32 Å². The van der Waals surface area contributed by atoms with Gasteiger partial charge in [-0.25, -0.2) is 4.79 Å². The zero-order chi connectivity index (χ0) is 30.9. The summed E-state index contributed by atoms with van der Waals surface area (Å²) in [5.41, 5.74) is 0. The van der Waals surface area contributed by atoms with Gasteiger partial charge in [-0.2, -0.15) is 0 Å². The van der Waals surface area contributed by atoms with Gasteiger partial charge in [-0.05, 0) is 12.8 Å². The van der Waals surface area contributed by atoms with Gasteiger partial charge < -0.3 is 15.2 Å². The van der Waals surface area contributed by atoms with Crippen molar-refractivity contribution in [2.45, 2.75) is 206 Å². The number of amides is 1. The first kappa shape index (κ1) is 40.4. The van der Waals surface area contributed by atoms with Gasteiger partial charge in [0.2, 0.25) is 5.91 Å². The van der Waals surface area contributed by atoms with E-state index in [4.69, 9.17) is 4.74 Å². The van der Waals surface area contributed by atoms with E-state index in [0.29, 0.717) is 6.42 Å². The first-order chi connectivity index (χ1) is 20.5. The van der Waals surface area contributed by atoms with E-state index in [0.717, 1.165) is 38.5 Å². The minimum Gasteiger partial charge on any atom is -0.481 e. The molecule has 0 aromatic carbocycles. The van der Waals surface area contributed by atoms with Crippen LogP contribution in [0.2, 0.25) is 0 Å². The number of hydrogen-bond acceptors (Lipinski definition) is 4. The number of ether oxygens (including phenoxy) is 1. The number of carboxylic acid groups (broad SMARTS) is 1. The van der Waals surface area contributed by atoms with Crippen molar-refractivity contribution < 1.29 is 24.2 Å². The predicted octanol–water partition coefficient (Wildman–Crippen LogP) is 10.5. The Morgan fingerprint density at radius 3 is 1.21 bits per heavy atom. The largest absolute Gasteiger partial charge is 0.481 e. The topological polar surface area (TPSA) is 92.7 Å². The second-order valence-corrected chi connectivity index (χ2v) is 12.5. The summed E-state index contributed by atoms with van der Waals surface area (Å²) in [4.78, 5) is 36.0. The number of esters is 1. The summed E-state index contributed by atoms with van der Waals surface area (Å²) in [6.45, 7) is 4.79. The van der Waals surface area contributed by atoms with Gasteiger partial charge >= 0.3 is 11.9 Å². The fourth-order valence-electron chi connectivity index (χ4n) is 5.51. The maximum absolute atomic E-state index is 12.4. The molecule has 0 unspecified atom stereocenters. The third-order valence-corrected chi connectivity index (χ3v) is 8.25. The van der Waals surface area contributed by atoms with Crippen molar-refractivity contribution in [2.75, 3.05) is 6.61 Å². The first-order valence-electron chi connectivity index (χ1n) is 18.2. The first-order valence-corrected chi connectivity index (χ1v) is 18.2. The molecule has 2 N–H and O–H groups in total. The van der Waals surface area contributed by atoms with Crippen LogP contribution in [-0.2, 0) is 19.1 Å². The van der Waals surface area contributed by atoms with Crippen LogP contribution >= 0.6 is 0 Å². The van der Waals surface area contributed by atoms with E-state index in [2.05, 4.69) is 19.2 Å². The van der Waals surface area contributed by atoms with E-state index in [1.165, 1.54) is 135 Å². The lowest BCUT2D eigenvalue weighted by Crippen LogP contribution is -2.43. The molecule has 248 valence electrons. The van der Waals surface area contributed by atoms with Gasteiger partial charge in [0, 0.05) is 6.42 Å². The fraction of sp³-hybridized carbons (Fsp3) is 0.917. The highest BCUT2D eigenvalue weighted by Gasteiger charge is 2.25. The second kappa shape index (κ2) is 32.3. The summed E-state index contributed by atoms with van der Waals surface area (Å²) in [6, 6.07) is -1.11. The Hall–Kier alpha value is -1.59. The van der Waals surface area contributed by atoms with Crippen molar-refractivity contribution in [1.82, 2.24) is 5.32 Å². The predicted molar refractivity (Wildman–Crippen MR) is 176 cm³/mol. The Morgan fingerprint density at radius 1 is 0.524 bits per heavy atom. The molecular weight excluding hydrogens is 526 g/mol. The van der Waals surface area contributed by atoms with Crippen LogP contribution in [0.3, 0.4) is 0 Å². The van der Waals surface area contributed by atoms with E-state index in [-0.39, 0.29) is 12.5 Å². The van der Waals surface area contributed by atoms with Gasteiger partial charge in [0.15, 0.2) is 0 Å². The molecule has 0 radical (unpaired) electrons. The smallest absolute Gasteiger partial charge is 0.329 e. The zero-order valence-electron chi connectivity index (χ0n) is 27.9. The molecule has 0 spiro atoms. The van der Waals surface area contributed by atoms with Crippen molar-refractivity contribution in [2.24, 2.45) is 0 Å². The van der Waals surface area contributed by atoms with Gasteiger partial charge in [0.1, 0.15) is 6.04 Å². The Morgan fingerprint density at radius 2 is 0.857 bits per heavy atom. The van der Waals surface area contributed by atoms with Crippen LogP contribution in [0.4, 0.5) is 0 Å². The number of aliphatic carboxylic acids is 1. The van der Waals surface area contributed by atoms with Crippen molar-refractivity contribution in [3.8, 4) is 0 Å². The normalized spacial score (nSPS) is 11.9. The van der Waals surface area contributed by atoms with Crippen molar-refractivity contribution >= 4 is 17.8 Å². The summed E-state index contributed by atoms with van der Waals surface area (Å²) in [5.74, 6) is -2.02. The highest BCUT2D eigenvalue weighted by molar-refractivity contribution is 5.87. The van der Waals surface area contributed by atoms with E-state index >= 15 is 0 Å². The Bertz CT molecular complexity index is 624. The van der Waals surface area contributed by atoms with Gasteiger partial charge in [0.05, 0.1) is 13.0 Å². The van der Waals surface area contributed by atoms with Crippen molar-refractivity contribution in [1.29, 1.82) is 0 Å². The van der Waals surface area contributed by atoms with E-state index in [1.54, 1.807) is 0 Å². The highest BCUT2D eigenvalue weighted by Crippen LogP contribution is 2.14. The minimum absolute atomic E-state index is 0.266. The second-order valence-electron chi connectivity index (χ2n) is 12.5. The molecule has 6 heteroatoms. The van der Waals surface area contributed by atoms with E-state index in [1.807, 2.05) is 0 Å². The molecule has 1 amide bonds. The Kier molecular flexibility index (Phi) is 31.1. The average Bonchev–Trinajstić information content (AvgIpc) is 2.96. The molecule has 0 aliphatic heterocycles. The molecule has 0 aliphatic rings. The number of carbonyl (C=O) groups excluding carboxylic acids is 2. The molecule has 6 nitrogen and oxygen atoms in total. The number of nitrogens with one attached hydrogen (secondary N) is 1. The highest BCUT2D eigenvalue weighted by atomic mass is 16.5. The molecule has 42 heavy (non-hydrogen) atoms. The third-order valence-electron chi connectivity index (χ3n) is 8.25. The summed E-state index contributed by atoms with van der Waals surface area (Å²) in [5, 5.41) is 11.8. The molecule has 0 saturated carbocycles. The lowest BCUT2D eigenvalue weighted by atomic mass is 10.0. The molecule has 0 saturated heterocycles. The molecule has 0 heterocycles. The molecule has 0 bridgehead atoms. The molecule has 0 aromatic heterocycles. The summed E-state index contributed by atoms with van der Waals surface area (Å²) in [6.07, 6.45) is 33.5. The Balaban J connectivity index is 3.76. The average molecular weight is 596 g/mol. The van der Waals surface area contributed by atoms with Crippen LogP contribution in [-0.4, -0.2) is 35.6 Å². The quantitative estimate of drug-likeness (QED) is 0.0581. The van der Waals surface area contributed by atoms with Crippen molar-refractivity contribution in [3.05, 3.63) is 0 Å². The molecule has 0 rings (SSSR count). The molecule has 1 atom stereocenters. The van der Waals surface area contributed by atoms with Crippen LogP contribution in [0.1, 0.15) is 200 Å². The lowest BCUT2D eigenvalue weighted by Gasteiger charge is -2.16. The van der Waals surface area contributed by atoms with Crippen LogP contribution in [0, 0.1) is 0 Å². The zero-order valence-corrected chi connectivity index (χ0v) is 27.9. The van der Waals surface area contributed by atoms with Gasteiger partial charge in [0.25, 0.3) is 0 Å². The summed E-state index contributed by atoms with van der Waals surface area (Å²) >= 11 is 0. The van der Waals surface area contributed by atoms with Crippen LogP contribution in [0.5, 0.6) is 0 Å². The molecule has 0 aromatic rings. The number of hydrogen-bond donors (Lipinski definition) is 2. The van der Waals surface area contributed by atoms with E-state index in [9.17, 15) is 19.5 Å². The summed E-state index contributed by atoms with van der Waals surface area (Å²) < 4.78 is 5.32. The van der Waals surface area contributed by atoms with E-state index < -0.39 is 24.4 Å². The molecule has 0 fully saturated rings. The number of unbranched alkanes of at least 4 members (excludes halogenated alkanes) is 25. The molecule has 0 aliphatic carbocycles. The minimum atomic E-state index is -1.12. The van der Waals surface area contributed by atoms with Gasteiger partial charge in [-0.15, -0.1) is 0 Å². The maximum atomic E-state index is 12.4. The van der Waals surface area contributed by atoms with Crippen molar-refractivity contribution in [3.63, 3.8) is 0 Å². The summed E-state index contributed by atoms with van der Waals surface area (Å²) in [7, 11) is 0. The monoisotopic (exact) mass is 596 g/mol. The number of carbonyl (C=O) groups is 3. The van der Waals surface area contributed by atoms with Crippen LogP contribution in [0.25, 0.3) is 0 Å². The molecular formula is C36H69NO5. The van der Waals surface area contributed by atoms with Gasteiger partial charge in [-0.1, -0.05) is 174 Å². The third kappa shape index (κ3) is 29.9. The Labute approximate surface area is 259 Å². The number of carboxylic acids is 1. The fourth-order valence-corrected chi connectivity index (χ4v) is 5.51. The standard InChI is InChI=1S/C36H69NO5/c1-3-5-7-9-11-13-15-17-19-21-23-25-27-29-31-42-36(41)33(32-35(39)40)37-34(38)30-28-26-24-22-20-18-16-14-12-10-8-6-4-2/h33H,3-32H2,1-2H3,(H,37,38)(H,39,40)/t33-/m0/s1. The SMILES string of the molecule is CCCCCCCCCCCCCCCCOC(=O)[C@H](CC(=O)O)NC(=O)CCCCCCCCCCCCCCC. The van der Waals surface area contributed by atoms with Crippen LogP contribution in [0.15, 0.2) is 0 Å². The number of rotatable bonds is 33.